The lowest BCUT2D eigenvalue weighted by molar-refractivity contribution is -0.131. The van der Waals surface area contributed by atoms with Crippen molar-refractivity contribution >= 4 is 17.7 Å². The van der Waals surface area contributed by atoms with E-state index in [2.05, 4.69) is 41.2 Å². The summed E-state index contributed by atoms with van der Waals surface area (Å²) in [5.74, 6) is 1.29. The van der Waals surface area contributed by atoms with Crippen LogP contribution in [0.1, 0.15) is 31.7 Å². The van der Waals surface area contributed by atoms with Crippen LogP contribution >= 0.6 is 11.8 Å². The second kappa shape index (κ2) is 8.78. The van der Waals surface area contributed by atoms with Crippen LogP contribution in [-0.4, -0.2) is 48.9 Å². The Morgan fingerprint density at radius 2 is 1.93 bits per heavy atom. The van der Waals surface area contributed by atoms with Crippen LogP contribution in [-0.2, 0) is 4.79 Å². The number of para-hydroxylation sites is 1. The lowest BCUT2D eigenvalue weighted by Crippen LogP contribution is -2.42. The van der Waals surface area contributed by atoms with Crippen LogP contribution in [0.25, 0.3) is 17.1 Å². The zero-order valence-corrected chi connectivity index (χ0v) is 17.6. The van der Waals surface area contributed by atoms with Crippen molar-refractivity contribution < 1.29 is 4.79 Å². The van der Waals surface area contributed by atoms with Gasteiger partial charge in [-0.25, -0.2) is 0 Å². The zero-order chi connectivity index (χ0) is 20.2. The van der Waals surface area contributed by atoms with Gasteiger partial charge in [-0.1, -0.05) is 30.0 Å². The largest absolute Gasteiger partial charge is 0.339 e. The molecular weight excluding hydrogens is 382 g/mol. The van der Waals surface area contributed by atoms with Gasteiger partial charge in [-0.05, 0) is 56.9 Å². The van der Waals surface area contributed by atoms with Crippen molar-refractivity contribution in [1.82, 2.24) is 24.6 Å². The predicted octanol–water partition coefficient (Wildman–Crippen LogP) is 4.13. The van der Waals surface area contributed by atoms with Crippen molar-refractivity contribution in [3.05, 3.63) is 54.4 Å². The number of carbonyl (C=O) groups is 1. The lowest BCUT2D eigenvalue weighted by atomic mass is 10.0. The van der Waals surface area contributed by atoms with Crippen molar-refractivity contribution in [2.24, 2.45) is 0 Å². The minimum Gasteiger partial charge on any atom is -0.339 e. The van der Waals surface area contributed by atoms with Gasteiger partial charge in [0, 0.05) is 30.5 Å². The van der Waals surface area contributed by atoms with E-state index < -0.39 is 0 Å². The van der Waals surface area contributed by atoms with Gasteiger partial charge in [-0.3, -0.25) is 14.3 Å². The van der Waals surface area contributed by atoms with Gasteiger partial charge in [-0.2, -0.15) is 0 Å². The Labute approximate surface area is 175 Å². The number of likely N-dealkylation sites (tertiary alicyclic amines) is 1. The van der Waals surface area contributed by atoms with Gasteiger partial charge in [0.05, 0.1) is 11.4 Å². The second-order valence-corrected chi connectivity index (χ2v) is 8.33. The van der Waals surface area contributed by atoms with Crippen LogP contribution in [0.15, 0.2) is 53.9 Å². The highest BCUT2D eigenvalue weighted by Crippen LogP contribution is 2.29. The SMILES string of the molecule is Cc1ccccc1-n1c(SCC(=O)N2CCCCC2C)nnc1-c1ccncc1. The number of carbonyl (C=O) groups excluding carboxylic acids is 1. The van der Waals surface area contributed by atoms with Gasteiger partial charge in [0.15, 0.2) is 11.0 Å². The number of hydrogen-bond donors (Lipinski definition) is 0. The summed E-state index contributed by atoms with van der Waals surface area (Å²) in [6, 6.07) is 12.3. The first-order chi connectivity index (χ1) is 14.1. The number of benzene rings is 1. The Balaban J connectivity index is 1.64. The summed E-state index contributed by atoms with van der Waals surface area (Å²) in [7, 11) is 0. The van der Waals surface area contributed by atoms with Crippen molar-refractivity contribution in [3.63, 3.8) is 0 Å². The van der Waals surface area contributed by atoms with E-state index in [4.69, 9.17) is 0 Å². The van der Waals surface area contributed by atoms with E-state index in [0.717, 1.165) is 47.2 Å². The molecular formula is C22H25N5OS. The average Bonchev–Trinajstić information content (AvgIpc) is 3.17. The normalized spacial score (nSPS) is 16.8. The van der Waals surface area contributed by atoms with Gasteiger partial charge in [0.2, 0.25) is 5.91 Å². The molecule has 0 saturated carbocycles. The van der Waals surface area contributed by atoms with E-state index >= 15 is 0 Å². The van der Waals surface area contributed by atoms with Crippen LogP contribution < -0.4 is 0 Å². The van der Waals surface area contributed by atoms with Crippen LogP contribution in [0, 0.1) is 6.92 Å². The zero-order valence-electron chi connectivity index (χ0n) is 16.8. The number of piperidine rings is 1. The number of amides is 1. The van der Waals surface area contributed by atoms with E-state index in [-0.39, 0.29) is 5.91 Å². The first-order valence-corrected chi connectivity index (χ1v) is 11.0. The van der Waals surface area contributed by atoms with Gasteiger partial charge in [0.1, 0.15) is 0 Å². The maximum atomic E-state index is 12.8. The summed E-state index contributed by atoms with van der Waals surface area (Å²) in [4.78, 5) is 18.9. The molecule has 0 spiro atoms. The third kappa shape index (κ3) is 4.19. The molecule has 6 nitrogen and oxygen atoms in total. The molecule has 29 heavy (non-hydrogen) atoms. The molecule has 1 aliphatic rings. The fourth-order valence-electron chi connectivity index (χ4n) is 3.76. The van der Waals surface area contributed by atoms with Crippen LogP contribution in [0.2, 0.25) is 0 Å². The molecule has 1 amide bonds. The van der Waals surface area contributed by atoms with Crippen LogP contribution in [0.5, 0.6) is 0 Å². The van der Waals surface area contributed by atoms with Crippen LogP contribution in [0.3, 0.4) is 0 Å². The van der Waals surface area contributed by atoms with Crippen molar-refractivity contribution in [2.45, 2.75) is 44.3 Å². The molecule has 150 valence electrons. The highest BCUT2D eigenvalue weighted by atomic mass is 32.2. The maximum Gasteiger partial charge on any atom is 0.233 e. The summed E-state index contributed by atoms with van der Waals surface area (Å²) in [5.41, 5.74) is 3.09. The van der Waals surface area contributed by atoms with Crippen LogP contribution in [0.4, 0.5) is 0 Å². The Bertz CT molecular complexity index is 988. The lowest BCUT2D eigenvalue weighted by Gasteiger charge is -2.33. The molecule has 1 saturated heterocycles. The van der Waals surface area contributed by atoms with Crippen molar-refractivity contribution in [1.29, 1.82) is 0 Å². The highest BCUT2D eigenvalue weighted by Gasteiger charge is 2.24. The van der Waals surface area contributed by atoms with E-state index in [1.165, 1.54) is 18.2 Å². The van der Waals surface area contributed by atoms with E-state index in [0.29, 0.717) is 11.8 Å². The molecule has 2 aromatic heterocycles. The van der Waals surface area contributed by atoms with E-state index in [1.54, 1.807) is 12.4 Å². The third-order valence-electron chi connectivity index (χ3n) is 5.38. The van der Waals surface area contributed by atoms with Crippen molar-refractivity contribution in [3.8, 4) is 17.1 Å². The predicted molar refractivity (Wildman–Crippen MR) is 115 cm³/mol. The molecule has 3 heterocycles. The molecule has 3 aromatic rings. The van der Waals surface area contributed by atoms with E-state index in [1.807, 2.05) is 33.7 Å². The average molecular weight is 408 g/mol. The molecule has 7 heteroatoms. The Kier molecular flexibility index (Phi) is 5.94. The van der Waals surface area contributed by atoms with Gasteiger partial charge >= 0.3 is 0 Å². The standard InChI is InChI=1S/C22H25N5OS/c1-16-7-3-4-9-19(16)27-21(18-10-12-23-13-11-18)24-25-22(27)29-15-20(28)26-14-6-5-8-17(26)2/h3-4,7,9-13,17H,5-6,8,14-15H2,1-2H3. The molecule has 1 fully saturated rings. The minimum atomic E-state index is 0.173. The number of nitrogens with zero attached hydrogens (tertiary/aromatic N) is 5. The molecule has 1 aromatic carbocycles. The fraction of sp³-hybridized carbons (Fsp3) is 0.364. The molecule has 1 unspecified atom stereocenters. The Hall–Kier alpha value is -2.67. The Morgan fingerprint density at radius 3 is 2.69 bits per heavy atom. The third-order valence-corrected chi connectivity index (χ3v) is 6.29. The first kappa shape index (κ1) is 19.6. The monoisotopic (exact) mass is 407 g/mol. The van der Waals surface area contributed by atoms with Gasteiger partial charge < -0.3 is 4.90 Å². The molecule has 0 bridgehead atoms. The fourth-order valence-corrected chi connectivity index (χ4v) is 4.59. The smallest absolute Gasteiger partial charge is 0.233 e. The summed E-state index contributed by atoms with van der Waals surface area (Å²) in [6.07, 6.45) is 6.88. The molecule has 0 N–H and O–H groups in total. The second-order valence-electron chi connectivity index (χ2n) is 7.38. The van der Waals surface area contributed by atoms with E-state index in [9.17, 15) is 4.79 Å². The molecule has 1 atom stereocenters. The summed E-state index contributed by atoms with van der Waals surface area (Å²) >= 11 is 1.45. The first-order valence-electron chi connectivity index (χ1n) is 9.99. The van der Waals surface area contributed by atoms with Crippen molar-refractivity contribution in [2.75, 3.05) is 12.3 Å². The summed E-state index contributed by atoms with van der Waals surface area (Å²) < 4.78 is 2.04. The summed E-state index contributed by atoms with van der Waals surface area (Å²) in [6.45, 7) is 5.06. The summed E-state index contributed by atoms with van der Waals surface area (Å²) in [5, 5.41) is 9.61. The number of rotatable bonds is 5. The topological polar surface area (TPSA) is 63.9 Å². The number of hydrogen-bond acceptors (Lipinski definition) is 5. The number of aromatic nitrogens is 4. The Morgan fingerprint density at radius 1 is 1.14 bits per heavy atom. The number of thioether (sulfide) groups is 1. The quantitative estimate of drug-likeness (QED) is 0.595. The molecule has 4 rings (SSSR count). The molecule has 0 radical (unpaired) electrons. The highest BCUT2D eigenvalue weighted by molar-refractivity contribution is 7.99. The minimum absolute atomic E-state index is 0.173. The molecule has 1 aliphatic heterocycles. The van der Waals surface area contributed by atoms with Gasteiger partial charge in [0.25, 0.3) is 0 Å². The van der Waals surface area contributed by atoms with Gasteiger partial charge in [-0.15, -0.1) is 10.2 Å². The molecule has 0 aliphatic carbocycles. The number of aryl methyl sites for hydroxylation is 1. The number of pyridine rings is 1. The maximum absolute atomic E-state index is 12.8.